The lowest BCUT2D eigenvalue weighted by Crippen LogP contribution is -1.98. The van der Waals surface area contributed by atoms with Crippen LogP contribution in [0.2, 0.25) is 0 Å². The lowest BCUT2D eigenvalue weighted by Gasteiger charge is -1.96. The van der Waals surface area contributed by atoms with Crippen LogP contribution in [0, 0.1) is 0 Å². The van der Waals surface area contributed by atoms with Crippen molar-refractivity contribution in [2.75, 3.05) is 7.11 Å². The maximum Gasteiger partial charge on any atom is 0.330 e. The first-order chi connectivity index (χ1) is 5.56. The van der Waals surface area contributed by atoms with Crippen LogP contribution in [0.3, 0.4) is 0 Å². The Morgan fingerprint density at radius 1 is 1.42 bits per heavy atom. The molecule has 0 rings (SSSR count). The molecule has 12 heavy (non-hydrogen) atoms. The largest absolute Gasteiger partial charge is 0.481 e. The molecule has 0 spiro atoms. The van der Waals surface area contributed by atoms with E-state index in [4.69, 9.17) is 5.11 Å². The molecule has 0 saturated heterocycles. The Labute approximate surface area is 70.8 Å². The van der Waals surface area contributed by atoms with Crippen LogP contribution in [0.25, 0.3) is 0 Å². The molecule has 0 aliphatic heterocycles. The Hall–Kier alpha value is -1.32. The number of carbonyl (C=O) groups excluding carboxylic acids is 1. The summed E-state index contributed by atoms with van der Waals surface area (Å²) in [7, 11) is 1.28. The van der Waals surface area contributed by atoms with Gasteiger partial charge in [-0.05, 0) is 13.3 Å². The minimum Gasteiger partial charge on any atom is -0.481 e. The predicted molar refractivity (Wildman–Crippen MR) is 42.6 cm³/mol. The Balaban J connectivity index is 3.85. The molecule has 0 amide bonds. The molecule has 0 aromatic carbocycles. The van der Waals surface area contributed by atoms with E-state index in [0.29, 0.717) is 12.0 Å². The molecule has 0 atom stereocenters. The summed E-state index contributed by atoms with van der Waals surface area (Å²) in [5.74, 6) is -1.31. The summed E-state index contributed by atoms with van der Waals surface area (Å²) in [6.07, 6.45) is 1.71. The Kier molecular flexibility index (Phi) is 4.76. The van der Waals surface area contributed by atoms with E-state index in [1.165, 1.54) is 13.2 Å². The molecule has 4 nitrogen and oxygen atoms in total. The van der Waals surface area contributed by atoms with Crippen LogP contribution >= 0.6 is 0 Å². The molecule has 0 radical (unpaired) electrons. The van der Waals surface area contributed by atoms with Crippen LogP contribution in [0.5, 0.6) is 0 Å². The number of carbonyl (C=O) groups is 2. The second-order valence-corrected chi connectivity index (χ2v) is 2.41. The van der Waals surface area contributed by atoms with Crippen molar-refractivity contribution in [3.8, 4) is 0 Å². The van der Waals surface area contributed by atoms with Gasteiger partial charge < -0.3 is 9.84 Å². The zero-order chi connectivity index (χ0) is 9.56. The van der Waals surface area contributed by atoms with Gasteiger partial charge in [-0.3, -0.25) is 4.79 Å². The maximum atomic E-state index is 10.6. The van der Waals surface area contributed by atoms with Crippen molar-refractivity contribution in [3.05, 3.63) is 11.6 Å². The molecule has 4 heteroatoms. The lowest BCUT2D eigenvalue weighted by molar-refractivity contribution is -0.137. The fraction of sp³-hybridized carbons (Fsp3) is 0.500. The second-order valence-electron chi connectivity index (χ2n) is 2.41. The SMILES string of the molecule is COC(=O)/C=C(\C)CCC(=O)O. The van der Waals surface area contributed by atoms with Crippen LogP contribution < -0.4 is 0 Å². The highest BCUT2D eigenvalue weighted by molar-refractivity contribution is 5.82. The third-order valence-electron chi connectivity index (χ3n) is 1.30. The van der Waals surface area contributed by atoms with Crippen molar-refractivity contribution in [1.82, 2.24) is 0 Å². The van der Waals surface area contributed by atoms with Gasteiger partial charge >= 0.3 is 11.9 Å². The highest BCUT2D eigenvalue weighted by Crippen LogP contribution is 2.03. The molecule has 68 valence electrons. The molecule has 0 aromatic heterocycles. The Morgan fingerprint density at radius 3 is 2.42 bits per heavy atom. The van der Waals surface area contributed by atoms with Crippen LogP contribution in [0.1, 0.15) is 19.8 Å². The third kappa shape index (κ3) is 5.46. The van der Waals surface area contributed by atoms with Gasteiger partial charge in [-0.2, -0.15) is 0 Å². The lowest BCUT2D eigenvalue weighted by atomic mass is 10.1. The minimum atomic E-state index is -0.868. The number of hydrogen-bond acceptors (Lipinski definition) is 3. The molecular weight excluding hydrogens is 160 g/mol. The van der Waals surface area contributed by atoms with Gasteiger partial charge in [-0.25, -0.2) is 4.79 Å². The summed E-state index contributed by atoms with van der Waals surface area (Å²) in [5, 5.41) is 8.31. The highest BCUT2D eigenvalue weighted by atomic mass is 16.5. The summed E-state index contributed by atoms with van der Waals surface area (Å²) in [5.41, 5.74) is 0.712. The number of esters is 1. The zero-order valence-electron chi connectivity index (χ0n) is 7.16. The number of aliphatic carboxylic acids is 1. The summed E-state index contributed by atoms with van der Waals surface area (Å²) >= 11 is 0. The highest BCUT2D eigenvalue weighted by Gasteiger charge is 2.00. The van der Waals surface area contributed by atoms with Gasteiger partial charge in [0.05, 0.1) is 7.11 Å². The van der Waals surface area contributed by atoms with E-state index >= 15 is 0 Å². The second kappa shape index (κ2) is 5.35. The summed E-state index contributed by atoms with van der Waals surface area (Å²) in [4.78, 5) is 20.7. The van der Waals surface area contributed by atoms with Gasteiger partial charge in [0.25, 0.3) is 0 Å². The van der Waals surface area contributed by atoms with Crippen molar-refractivity contribution in [2.24, 2.45) is 0 Å². The van der Waals surface area contributed by atoms with Crippen molar-refractivity contribution < 1.29 is 19.4 Å². The molecule has 0 saturated carbocycles. The van der Waals surface area contributed by atoms with Crippen LogP contribution in [0.4, 0.5) is 0 Å². The first kappa shape index (κ1) is 10.7. The molecule has 0 aliphatic rings. The van der Waals surface area contributed by atoms with Gasteiger partial charge in [-0.1, -0.05) is 5.57 Å². The average molecular weight is 172 g/mol. The first-order valence-electron chi connectivity index (χ1n) is 3.53. The van der Waals surface area contributed by atoms with Gasteiger partial charge in [-0.15, -0.1) is 0 Å². The van der Waals surface area contributed by atoms with Crippen molar-refractivity contribution in [1.29, 1.82) is 0 Å². The monoisotopic (exact) mass is 172 g/mol. The first-order valence-corrected chi connectivity index (χ1v) is 3.53. The zero-order valence-corrected chi connectivity index (χ0v) is 7.16. The quantitative estimate of drug-likeness (QED) is 0.507. The molecule has 0 bridgehead atoms. The molecule has 0 aliphatic carbocycles. The number of hydrogen-bond donors (Lipinski definition) is 1. The Morgan fingerprint density at radius 2 is 2.00 bits per heavy atom. The molecule has 0 unspecified atom stereocenters. The topological polar surface area (TPSA) is 63.6 Å². The number of rotatable bonds is 4. The van der Waals surface area contributed by atoms with Crippen molar-refractivity contribution >= 4 is 11.9 Å². The van der Waals surface area contributed by atoms with E-state index in [0.717, 1.165) is 0 Å². The minimum absolute atomic E-state index is 0.0410. The molecule has 1 N–H and O–H groups in total. The van der Waals surface area contributed by atoms with Crippen LogP contribution in [-0.4, -0.2) is 24.2 Å². The van der Waals surface area contributed by atoms with E-state index in [1.54, 1.807) is 6.92 Å². The van der Waals surface area contributed by atoms with E-state index in [1.807, 2.05) is 0 Å². The normalized spacial score (nSPS) is 11.0. The fourth-order valence-electron chi connectivity index (χ4n) is 0.636. The summed E-state index contributed by atoms with van der Waals surface area (Å²) < 4.78 is 4.36. The maximum absolute atomic E-state index is 10.6. The number of ether oxygens (including phenoxy) is 1. The van der Waals surface area contributed by atoms with Crippen molar-refractivity contribution in [2.45, 2.75) is 19.8 Å². The smallest absolute Gasteiger partial charge is 0.330 e. The summed E-state index contributed by atoms with van der Waals surface area (Å²) in [6.45, 7) is 1.69. The molecule has 0 heterocycles. The van der Waals surface area contributed by atoms with E-state index < -0.39 is 11.9 Å². The van der Waals surface area contributed by atoms with Crippen LogP contribution in [-0.2, 0) is 14.3 Å². The van der Waals surface area contributed by atoms with E-state index in [9.17, 15) is 9.59 Å². The molecular formula is C8H12O4. The van der Waals surface area contributed by atoms with Crippen LogP contribution in [0.15, 0.2) is 11.6 Å². The van der Waals surface area contributed by atoms with Gasteiger partial charge in [0, 0.05) is 12.5 Å². The standard InChI is InChI=1S/C8H12O4/c1-6(3-4-7(9)10)5-8(11)12-2/h5H,3-4H2,1-2H3,(H,9,10)/b6-5+. The van der Waals surface area contributed by atoms with E-state index in [-0.39, 0.29) is 6.42 Å². The predicted octanol–water partition coefficient (Wildman–Crippen LogP) is 0.970. The fourth-order valence-corrected chi connectivity index (χ4v) is 0.636. The number of carboxylic acid groups (broad SMARTS) is 1. The average Bonchev–Trinajstić information content (AvgIpc) is 2.00. The molecule has 0 fully saturated rings. The summed E-state index contributed by atoms with van der Waals surface area (Å²) in [6, 6.07) is 0. The number of allylic oxidation sites excluding steroid dienone is 1. The van der Waals surface area contributed by atoms with E-state index in [2.05, 4.69) is 4.74 Å². The number of carboxylic acids is 1. The Bertz CT molecular complexity index is 205. The van der Waals surface area contributed by atoms with Gasteiger partial charge in [0.2, 0.25) is 0 Å². The molecule has 0 aromatic rings. The van der Waals surface area contributed by atoms with Gasteiger partial charge in [0.1, 0.15) is 0 Å². The third-order valence-corrected chi connectivity index (χ3v) is 1.30. The van der Waals surface area contributed by atoms with Crippen molar-refractivity contribution in [3.63, 3.8) is 0 Å². The van der Waals surface area contributed by atoms with Gasteiger partial charge in [0.15, 0.2) is 0 Å². The number of methoxy groups -OCH3 is 1.